The van der Waals surface area contributed by atoms with E-state index in [1.54, 1.807) is 7.05 Å². The van der Waals surface area contributed by atoms with Crippen LogP contribution in [0.25, 0.3) is 0 Å². The molecule has 25 heavy (non-hydrogen) atoms. The van der Waals surface area contributed by atoms with Crippen molar-refractivity contribution in [3.05, 3.63) is 0 Å². The van der Waals surface area contributed by atoms with Crippen LogP contribution in [0.1, 0.15) is 26.7 Å². The van der Waals surface area contributed by atoms with Crippen LogP contribution >= 0.6 is 24.0 Å². The summed E-state index contributed by atoms with van der Waals surface area (Å²) in [6.45, 7) is 7.26. The van der Waals surface area contributed by atoms with Crippen molar-refractivity contribution in [1.29, 1.82) is 0 Å². The van der Waals surface area contributed by atoms with Crippen molar-refractivity contribution >= 4 is 29.9 Å². The largest absolute Gasteiger partial charge is 0.401 e. The number of guanidine groups is 1. The van der Waals surface area contributed by atoms with Gasteiger partial charge in [-0.3, -0.25) is 9.89 Å². The topological polar surface area (TPSA) is 48.9 Å². The summed E-state index contributed by atoms with van der Waals surface area (Å²) in [7, 11) is 1.69. The lowest BCUT2D eigenvalue weighted by atomic mass is 10.1. The summed E-state index contributed by atoms with van der Waals surface area (Å²) in [6.07, 6.45) is -2.45. The fourth-order valence-corrected chi connectivity index (χ4v) is 2.64. The molecule has 0 aliphatic carbocycles. The van der Waals surface area contributed by atoms with Gasteiger partial charge in [-0.25, -0.2) is 0 Å². The highest BCUT2D eigenvalue weighted by molar-refractivity contribution is 14.0. The van der Waals surface area contributed by atoms with Crippen molar-refractivity contribution in [1.82, 2.24) is 15.5 Å². The van der Waals surface area contributed by atoms with E-state index < -0.39 is 12.7 Å². The molecule has 1 heterocycles. The number of nitrogens with one attached hydrogen (secondary N) is 2. The van der Waals surface area contributed by atoms with E-state index in [2.05, 4.69) is 29.5 Å². The van der Waals surface area contributed by atoms with Crippen LogP contribution in [0.5, 0.6) is 0 Å². The van der Waals surface area contributed by atoms with E-state index in [-0.39, 0.29) is 29.9 Å². The number of ether oxygens (including phenoxy) is 1. The number of hydrogen-bond acceptors (Lipinski definition) is 3. The summed E-state index contributed by atoms with van der Waals surface area (Å²) < 4.78 is 42.6. The van der Waals surface area contributed by atoms with Gasteiger partial charge in [-0.15, -0.1) is 24.0 Å². The molecule has 0 aromatic rings. The lowest BCUT2D eigenvalue weighted by Gasteiger charge is -2.18. The third kappa shape index (κ3) is 12.7. The maximum atomic E-state index is 12.4. The Bertz CT molecular complexity index is 381. The van der Waals surface area contributed by atoms with Crippen LogP contribution in [0.4, 0.5) is 13.2 Å². The first-order chi connectivity index (χ1) is 11.3. The normalized spacial score (nSPS) is 19.2. The van der Waals surface area contributed by atoms with E-state index in [0.29, 0.717) is 38.1 Å². The van der Waals surface area contributed by atoms with Crippen molar-refractivity contribution < 1.29 is 17.9 Å². The molecule has 5 nitrogen and oxygen atoms in total. The zero-order chi connectivity index (χ0) is 18.0. The molecule has 9 heteroatoms. The predicted octanol–water partition coefficient (Wildman–Crippen LogP) is 2.72. The quantitative estimate of drug-likeness (QED) is 0.231. The fraction of sp³-hybridized carbons (Fsp3) is 0.938. The molecule has 0 spiro atoms. The van der Waals surface area contributed by atoms with Gasteiger partial charge in [0.2, 0.25) is 0 Å². The standard InChI is InChI=1S/C16H31F3N4O.HI/c1-13(2)11-24-8-4-6-21-15(20-3)22-9-14-5-7-23(10-14)12-16(17,18)19;/h13-14H,4-12H2,1-3H3,(H2,20,21,22);1H. The van der Waals surface area contributed by atoms with Crippen LogP contribution in [0.15, 0.2) is 4.99 Å². The van der Waals surface area contributed by atoms with E-state index >= 15 is 0 Å². The van der Waals surface area contributed by atoms with E-state index in [1.807, 2.05) is 0 Å². The molecule has 0 radical (unpaired) electrons. The molecule has 0 amide bonds. The monoisotopic (exact) mass is 480 g/mol. The summed E-state index contributed by atoms with van der Waals surface area (Å²) in [5, 5.41) is 6.39. The van der Waals surface area contributed by atoms with Crippen LogP contribution in [0.3, 0.4) is 0 Å². The molecule has 2 N–H and O–H groups in total. The zero-order valence-corrected chi connectivity index (χ0v) is 17.7. The van der Waals surface area contributed by atoms with E-state index in [9.17, 15) is 13.2 Å². The van der Waals surface area contributed by atoms with Crippen LogP contribution in [-0.4, -0.2) is 70.0 Å². The maximum absolute atomic E-state index is 12.4. The number of rotatable bonds is 9. The molecule has 1 saturated heterocycles. The van der Waals surface area contributed by atoms with Gasteiger partial charge >= 0.3 is 6.18 Å². The number of alkyl halides is 3. The van der Waals surface area contributed by atoms with Crippen molar-refractivity contribution in [3.8, 4) is 0 Å². The van der Waals surface area contributed by atoms with Crippen molar-refractivity contribution in [2.75, 3.05) is 53.0 Å². The molecule has 1 unspecified atom stereocenters. The maximum Gasteiger partial charge on any atom is 0.401 e. The molecule has 1 rings (SSSR count). The molecule has 1 fully saturated rings. The SMILES string of the molecule is CN=C(NCCCOCC(C)C)NCC1CCN(CC(F)(F)F)C1.I. The Morgan fingerprint density at radius 1 is 1.32 bits per heavy atom. The number of aliphatic imine (C=N–C) groups is 1. The Morgan fingerprint density at radius 2 is 2.04 bits per heavy atom. The lowest BCUT2D eigenvalue weighted by molar-refractivity contribution is -0.143. The average Bonchev–Trinajstić information content (AvgIpc) is 2.90. The molecule has 0 bridgehead atoms. The van der Waals surface area contributed by atoms with Crippen molar-refractivity contribution in [2.24, 2.45) is 16.8 Å². The van der Waals surface area contributed by atoms with Gasteiger partial charge in [0.15, 0.2) is 5.96 Å². The summed E-state index contributed by atoms with van der Waals surface area (Å²) in [5.74, 6) is 1.45. The highest BCUT2D eigenvalue weighted by atomic mass is 127. The molecule has 1 aliphatic heterocycles. The third-order valence-electron chi connectivity index (χ3n) is 3.76. The average molecular weight is 480 g/mol. The number of halogens is 4. The first-order valence-electron chi connectivity index (χ1n) is 8.61. The molecular weight excluding hydrogens is 448 g/mol. The van der Waals surface area contributed by atoms with Crippen LogP contribution in [-0.2, 0) is 4.74 Å². The van der Waals surface area contributed by atoms with Gasteiger partial charge in [0.25, 0.3) is 0 Å². The Morgan fingerprint density at radius 3 is 2.64 bits per heavy atom. The van der Waals surface area contributed by atoms with Gasteiger partial charge in [0, 0.05) is 39.9 Å². The van der Waals surface area contributed by atoms with E-state index in [1.165, 1.54) is 4.90 Å². The highest BCUT2D eigenvalue weighted by Crippen LogP contribution is 2.22. The summed E-state index contributed by atoms with van der Waals surface area (Å²) in [5.41, 5.74) is 0. The first kappa shape index (κ1) is 24.7. The summed E-state index contributed by atoms with van der Waals surface area (Å²) in [6, 6.07) is 0. The number of nitrogens with zero attached hydrogens (tertiary/aromatic N) is 2. The second-order valence-corrected chi connectivity index (χ2v) is 6.71. The Balaban J connectivity index is 0.00000576. The lowest BCUT2D eigenvalue weighted by Crippen LogP contribution is -2.41. The van der Waals surface area contributed by atoms with E-state index in [4.69, 9.17) is 4.74 Å². The molecule has 0 saturated carbocycles. The van der Waals surface area contributed by atoms with Crippen molar-refractivity contribution in [3.63, 3.8) is 0 Å². The number of hydrogen-bond donors (Lipinski definition) is 2. The molecular formula is C16H32F3IN4O. The molecule has 1 atom stereocenters. The Kier molecular flexibility index (Phi) is 12.8. The minimum Gasteiger partial charge on any atom is -0.381 e. The summed E-state index contributed by atoms with van der Waals surface area (Å²) in [4.78, 5) is 5.60. The van der Waals surface area contributed by atoms with E-state index in [0.717, 1.165) is 26.0 Å². The van der Waals surface area contributed by atoms with Crippen LogP contribution in [0, 0.1) is 11.8 Å². The van der Waals surface area contributed by atoms with Gasteiger partial charge in [0.05, 0.1) is 6.54 Å². The molecule has 150 valence electrons. The Labute approximate surface area is 166 Å². The predicted molar refractivity (Wildman–Crippen MR) is 106 cm³/mol. The third-order valence-corrected chi connectivity index (χ3v) is 3.76. The minimum absolute atomic E-state index is 0. The fourth-order valence-electron chi connectivity index (χ4n) is 2.64. The first-order valence-corrected chi connectivity index (χ1v) is 8.61. The van der Waals surface area contributed by atoms with Gasteiger partial charge in [-0.2, -0.15) is 13.2 Å². The van der Waals surface area contributed by atoms with Gasteiger partial charge in [-0.05, 0) is 31.2 Å². The van der Waals surface area contributed by atoms with Gasteiger partial charge < -0.3 is 15.4 Å². The zero-order valence-electron chi connectivity index (χ0n) is 15.4. The van der Waals surface area contributed by atoms with Gasteiger partial charge in [0.1, 0.15) is 0 Å². The van der Waals surface area contributed by atoms with Gasteiger partial charge in [-0.1, -0.05) is 13.8 Å². The Hall–Kier alpha value is -0.290. The molecule has 0 aromatic carbocycles. The minimum atomic E-state index is -4.11. The van der Waals surface area contributed by atoms with Crippen LogP contribution in [0.2, 0.25) is 0 Å². The number of likely N-dealkylation sites (tertiary alicyclic amines) is 1. The smallest absolute Gasteiger partial charge is 0.381 e. The summed E-state index contributed by atoms with van der Waals surface area (Å²) >= 11 is 0. The highest BCUT2D eigenvalue weighted by Gasteiger charge is 2.34. The molecule has 1 aliphatic rings. The van der Waals surface area contributed by atoms with Crippen molar-refractivity contribution in [2.45, 2.75) is 32.9 Å². The second kappa shape index (κ2) is 13.0. The second-order valence-electron chi connectivity index (χ2n) is 6.71. The molecule has 0 aromatic heterocycles. The van der Waals surface area contributed by atoms with Crippen LogP contribution < -0.4 is 10.6 Å².